The first-order chi connectivity index (χ1) is 16.3. The largest absolute Gasteiger partial charge is 0.490 e. The van der Waals surface area contributed by atoms with Crippen molar-refractivity contribution < 1.29 is 19.0 Å². The van der Waals surface area contributed by atoms with E-state index >= 15 is 0 Å². The Balaban J connectivity index is 2.03. The molecule has 0 fully saturated rings. The first kappa shape index (κ1) is 25.3. The lowest BCUT2D eigenvalue weighted by Crippen LogP contribution is -2.12. The van der Waals surface area contributed by atoms with Gasteiger partial charge < -0.3 is 14.2 Å². The van der Waals surface area contributed by atoms with Gasteiger partial charge in [-0.15, -0.1) is 0 Å². The monoisotopic (exact) mass is 461 g/mol. The molecule has 3 aromatic rings. The van der Waals surface area contributed by atoms with E-state index in [1.807, 2.05) is 39.8 Å². The van der Waals surface area contributed by atoms with Crippen LogP contribution >= 0.6 is 0 Å². The van der Waals surface area contributed by atoms with Crippen LogP contribution in [0.3, 0.4) is 0 Å². The predicted molar refractivity (Wildman–Crippen MR) is 136 cm³/mol. The molecule has 5 nitrogen and oxygen atoms in total. The molecule has 0 aliphatic carbocycles. The Morgan fingerprint density at radius 2 is 1.65 bits per heavy atom. The normalized spacial score (nSPS) is 10.9. The maximum Gasteiger partial charge on any atom is 0.337 e. The van der Waals surface area contributed by atoms with Gasteiger partial charge in [0.2, 0.25) is 0 Å². The molecule has 0 saturated heterocycles. The number of aromatic nitrogens is 1. The summed E-state index contributed by atoms with van der Waals surface area (Å²) in [6.45, 7) is 12.6. The van der Waals surface area contributed by atoms with Gasteiger partial charge in [-0.25, -0.2) is 4.79 Å². The molecule has 5 heteroatoms. The van der Waals surface area contributed by atoms with Gasteiger partial charge in [0.05, 0.1) is 30.0 Å². The van der Waals surface area contributed by atoms with Crippen LogP contribution in [0.1, 0.15) is 66.0 Å². The minimum Gasteiger partial charge on any atom is -0.490 e. The van der Waals surface area contributed by atoms with Crippen LogP contribution in [0.2, 0.25) is 0 Å². The van der Waals surface area contributed by atoms with E-state index in [4.69, 9.17) is 19.2 Å². The third-order valence-electron chi connectivity index (χ3n) is 5.89. The average molecular weight is 462 g/mol. The summed E-state index contributed by atoms with van der Waals surface area (Å²) < 4.78 is 17.3. The number of carbonyl (C=O) groups is 1. The summed E-state index contributed by atoms with van der Waals surface area (Å²) in [5, 5.41) is 0. The van der Waals surface area contributed by atoms with Crippen LogP contribution in [0, 0.1) is 13.8 Å². The first-order valence-corrected chi connectivity index (χ1v) is 11.9. The zero-order valence-electron chi connectivity index (χ0n) is 21.3. The van der Waals surface area contributed by atoms with E-state index in [-0.39, 0.29) is 12.7 Å². The molecule has 0 spiro atoms. The average Bonchev–Trinajstić information content (AvgIpc) is 2.82. The van der Waals surface area contributed by atoms with Crippen molar-refractivity contribution in [2.24, 2.45) is 0 Å². The van der Waals surface area contributed by atoms with E-state index in [1.165, 1.54) is 23.8 Å². The summed E-state index contributed by atoms with van der Waals surface area (Å²) in [4.78, 5) is 16.9. The summed E-state index contributed by atoms with van der Waals surface area (Å²) in [6, 6.07) is 13.8. The highest BCUT2D eigenvalue weighted by Crippen LogP contribution is 2.34. The molecular weight excluding hydrogens is 426 g/mol. The van der Waals surface area contributed by atoms with Crippen LogP contribution < -0.4 is 9.47 Å². The number of benzene rings is 2. The quantitative estimate of drug-likeness (QED) is 0.334. The maximum atomic E-state index is 11.9. The number of esters is 1. The Morgan fingerprint density at radius 3 is 2.24 bits per heavy atom. The maximum absolute atomic E-state index is 11.9. The van der Waals surface area contributed by atoms with E-state index in [0.717, 1.165) is 41.1 Å². The molecule has 1 heterocycles. The van der Waals surface area contributed by atoms with Gasteiger partial charge in [0, 0.05) is 17.3 Å². The number of rotatable bonds is 9. The number of pyridine rings is 1. The molecule has 0 aliphatic rings. The van der Waals surface area contributed by atoms with Crippen molar-refractivity contribution in [3.05, 3.63) is 76.0 Å². The van der Waals surface area contributed by atoms with Gasteiger partial charge in [-0.3, -0.25) is 4.98 Å². The summed E-state index contributed by atoms with van der Waals surface area (Å²) in [5.41, 5.74) is 7.83. The van der Waals surface area contributed by atoms with E-state index in [1.54, 1.807) is 12.1 Å². The topological polar surface area (TPSA) is 57.7 Å². The Kier molecular flexibility index (Phi) is 8.32. The third-order valence-corrected chi connectivity index (χ3v) is 5.89. The van der Waals surface area contributed by atoms with Gasteiger partial charge >= 0.3 is 5.97 Å². The Hall–Kier alpha value is -3.34. The van der Waals surface area contributed by atoms with Crippen LogP contribution in [-0.4, -0.2) is 24.2 Å². The van der Waals surface area contributed by atoms with Gasteiger partial charge in [-0.1, -0.05) is 38.1 Å². The summed E-state index contributed by atoms with van der Waals surface area (Å²) >= 11 is 0. The van der Waals surface area contributed by atoms with Gasteiger partial charge in [0.1, 0.15) is 18.1 Å². The van der Waals surface area contributed by atoms with Gasteiger partial charge in [0.15, 0.2) is 0 Å². The fraction of sp³-hybridized carbons (Fsp3) is 0.379. The third kappa shape index (κ3) is 5.58. The first-order valence-electron chi connectivity index (χ1n) is 11.9. The lowest BCUT2D eigenvalue weighted by molar-refractivity contribution is 0.0600. The lowest BCUT2D eigenvalue weighted by Gasteiger charge is -2.20. The number of aryl methyl sites for hydroxylation is 4. The minimum atomic E-state index is -0.391. The van der Waals surface area contributed by atoms with Crippen molar-refractivity contribution in [3.63, 3.8) is 0 Å². The molecular formula is C29H35NO4. The fourth-order valence-corrected chi connectivity index (χ4v) is 4.05. The molecule has 0 N–H and O–H groups in total. The lowest BCUT2D eigenvalue weighted by atomic mass is 9.94. The number of hydrogen-bond donors (Lipinski definition) is 0. The van der Waals surface area contributed by atoms with Crippen LogP contribution in [0.5, 0.6) is 11.5 Å². The van der Waals surface area contributed by atoms with Crippen molar-refractivity contribution in [3.8, 4) is 22.8 Å². The fourth-order valence-electron chi connectivity index (χ4n) is 4.05. The minimum absolute atomic E-state index is 0.00449. The molecule has 0 aliphatic heterocycles. The Labute approximate surface area is 203 Å². The van der Waals surface area contributed by atoms with E-state index in [9.17, 15) is 4.79 Å². The molecule has 3 rings (SSSR count). The number of nitrogens with zero attached hydrogens (tertiary/aromatic N) is 1. The molecule has 0 bridgehead atoms. The molecule has 1 aromatic heterocycles. The van der Waals surface area contributed by atoms with Crippen molar-refractivity contribution in [1.82, 2.24) is 4.98 Å². The standard InChI is InChI=1S/C29H35NO4/c1-8-21-11-10-12-22(9-2)28(21)25-16-27(34-18(3)4)24(20(6)30-25)17-33-26-15-23(29(31)32-7)14-13-19(26)5/h10-16,18H,8-9,17H2,1-7H3. The summed E-state index contributed by atoms with van der Waals surface area (Å²) in [7, 11) is 1.37. The number of hydrogen-bond acceptors (Lipinski definition) is 5. The van der Waals surface area contributed by atoms with Gasteiger partial charge in [-0.05, 0) is 69.4 Å². The zero-order valence-corrected chi connectivity index (χ0v) is 21.3. The summed E-state index contributed by atoms with van der Waals surface area (Å²) in [5.74, 6) is 1.01. The SMILES string of the molecule is CCc1cccc(CC)c1-c1cc(OC(C)C)c(COc2cc(C(=O)OC)ccc2C)c(C)n1. The van der Waals surface area contributed by atoms with Crippen LogP contribution in [0.15, 0.2) is 42.5 Å². The zero-order chi connectivity index (χ0) is 24.8. The molecule has 0 saturated carbocycles. The Bertz CT molecular complexity index is 1140. The van der Waals surface area contributed by atoms with Crippen LogP contribution in [0.4, 0.5) is 0 Å². The molecule has 34 heavy (non-hydrogen) atoms. The predicted octanol–water partition coefficient (Wildman–Crippen LogP) is 6.64. The number of methoxy groups -OCH3 is 1. The highest BCUT2D eigenvalue weighted by molar-refractivity contribution is 5.89. The van der Waals surface area contributed by atoms with E-state index in [2.05, 4.69) is 32.0 Å². The highest BCUT2D eigenvalue weighted by atomic mass is 16.5. The van der Waals surface area contributed by atoms with Crippen LogP contribution in [0.25, 0.3) is 11.3 Å². The second-order valence-corrected chi connectivity index (χ2v) is 8.66. The number of carbonyl (C=O) groups excluding carboxylic acids is 1. The van der Waals surface area contributed by atoms with E-state index in [0.29, 0.717) is 11.3 Å². The smallest absolute Gasteiger partial charge is 0.337 e. The van der Waals surface area contributed by atoms with Crippen molar-refractivity contribution in [2.45, 2.75) is 67.1 Å². The van der Waals surface area contributed by atoms with Gasteiger partial charge in [-0.2, -0.15) is 0 Å². The van der Waals surface area contributed by atoms with E-state index < -0.39 is 5.97 Å². The van der Waals surface area contributed by atoms with Crippen LogP contribution in [-0.2, 0) is 24.2 Å². The molecule has 0 unspecified atom stereocenters. The second-order valence-electron chi connectivity index (χ2n) is 8.66. The molecule has 0 radical (unpaired) electrons. The van der Waals surface area contributed by atoms with Crippen molar-refractivity contribution >= 4 is 5.97 Å². The molecule has 2 aromatic carbocycles. The summed E-state index contributed by atoms with van der Waals surface area (Å²) in [6.07, 6.45) is 1.88. The number of ether oxygens (including phenoxy) is 3. The Morgan fingerprint density at radius 1 is 0.971 bits per heavy atom. The second kappa shape index (κ2) is 11.2. The molecule has 0 amide bonds. The molecule has 180 valence electrons. The van der Waals surface area contributed by atoms with Crippen molar-refractivity contribution in [1.29, 1.82) is 0 Å². The van der Waals surface area contributed by atoms with Crippen molar-refractivity contribution in [2.75, 3.05) is 7.11 Å². The van der Waals surface area contributed by atoms with Gasteiger partial charge in [0.25, 0.3) is 0 Å². The highest BCUT2D eigenvalue weighted by Gasteiger charge is 2.18. The molecule has 0 atom stereocenters.